The summed E-state index contributed by atoms with van der Waals surface area (Å²) in [4.78, 5) is 32.8. The third-order valence-corrected chi connectivity index (χ3v) is 2.95. The predicted molar refractivity (Wildman–Crippen MR) is 65.6 cm³/mol. The van der Waals surface area contributed by atoms with E-state index in [9.17, 15) is 14.4 Å². The number of thioether (sulfide) groups is 1. The van der Waals surface area contributed by atoms with Gasteiger partial charge >= 0.3 is 5.97 Å². The molecule has 0 saturated carbocycles. The summed E-state index contributed by atoms with van der Waals surface area (Å²) >= 11 is 1.39. The van der Waals surface area contributed by atoms with Crippen molar-refractivity contribution < 1.29 is 19.5 Å². The van der Waals surface area contributed by atoms with Gasteiger partial charge < -0.3 is 16.2 Å². The predicted octanol–water partition coefficient (Wildman–Crippen LogP) is -0.0371. The molecule has 6 nitrogen and oxygen atoms in total. The van der Waals surface area contributed by atoms with Gasteiger partial charge in [0.15, 0.2) is 0 Å². The minimum absolute atomic E-state index is 0.0836. The van der Waals surface area contributed by atoms with Crippen molar-refractivity contribution in [3.05, 3.63) is 0 Å². The molecule has 0 aliphatic rings. The summed E-state index contributed by atoms with van der Waals surface area (Å²) in [5.41, 5.74) is 4.89. The molecule has 0 fully saturated rings. The molecule has 2 amide bonds. The Morgan fingerprint density at radius 1 is 1.35 bits per heavy atom. The number of rotatable bonds is 6. The molecule has 4 N–H and O–H groups in total. The van der Waals surface area contributed by atoms with Crippen molar-refractivity contribution in [2.24, 2.45) is 5.73 Å². The Kier molecular flexibility index (Phi) is 6.01. The van der Waals surface area contributed by atoms with Crippen LogP contribution in [0.1, 0.15) is 27.2 Å². The first-order valence-corrected chi connectivity index (χ1v) is 6.05. The number of nitrogens with two attached hydrogens (primary N) is 1. The average molecular weight is 262 g/mol. The fourth-order valence-corrected chi connectivity index (χ4v) is 1.57. The maximum atomic E-state index is 11.4. The van der Waals surface area contributed by atoms with Crippen LogP contribution < -0.4 is 11.1 Å². The van der Waals surface area contributed by atoms with E-state index in [1.807, 2.05) is 20.8 Å². The minimum Gasteiger partial charge on any atom is -0.480 e. The summed E-state index contributed by atoms with van der Waals surface area (Å²) in [6.07, 6.45) is -0.402. The van der Waals surface area contributed by atoms with E-state index in [4.69, 9.17) is 10.8 Å². The second-order valence-electron chi connectivity index (χ2n) is 4.53. The van der Waals surface area contributed by atoms with E-state index >= 15 is 0 Å². The molecule has 0 aliphatic carbocycles. The summed E-state index contributed by atoms with van der Waals surface area (Å²) in [7, 11) is 0. The summed E-state index contributed by atoms with van der Waals surface area (Å²) in [5, 5.41) is 11.0. The number of hydrogen-bond acceptors (Lipinski definition) is 4. The fraction of sp³-hybridized carbons (Fsp3) is 0.700. The minimum atomic E-state index is -1.27. The maximum absolute atomic E-state index is 11.4. The molecule has 0 aromatic rings. The molecule has 7 heteroatoms. The lowest BCUT2D eigenvalue weighted by atomic mass is 10.2. The van der Waals surface area contributed by atoms with Gasteiger partial charge in [0.2, 0.25) is 11.8 Å². The molecule has 98 valence electrons. The standard InChI is InChI=1S/C10H18N2O4S/c1-10(2,3)17-5-8(14)12-6(9(15)16)4-7(11)13/h6H,4-5H2,1-3H3,(H2,11,13)(H,12,14)(H,15,16). The molecule has 0 heterocycles. The van der Waals surface area contributed by atoms with Gasteiger partial charge in [-0.2, -0.15) is 0 Å². The van der Waals surface area contributed by atoms with Gasteiger partial charge in [-0.3, -0.25) is 9.59 Å². The molecule has 1 atom stereocenters. The molecule has 1 unspecified atom stereocenters. The molecule has 0 rings (SSSR count). The van der Waals surface area contributed by atoms with Crippen molar-refractivity contribution in [1.29, 1.82) is 0 Å². The lowest BCUT2D eigenvalue weighted by Crippen LogP contribution is -2.44. The number of amides is 2. The number of hydrogen-bond donors (Lipinski definition) is 3. The van der Waals surface area contributed by atoms with Crippen molar-refractivity contribution in [3.8, 4) is 0 Å². The average Bonchev–Trinajstić information content (AvgIpc) is 2.11. The number of carbonyl (C=O) groups excluding carboxylic acids is 2. The van der Waals surface area contributed by atoms with E-state index in [2.05, 4.69) is 5.32 Å². The number of aliphatic carboxylic acids is 1. The van der Waals surface area contributed by atoms with Crippen LogP contribution in [0, 0.1) is 0 Å². The Morgan fingerprint density at radius 3 is 2.24 bits per heavy atom. The highest BCUT2D eigenvalue weighted by Crippen LogP contribution is 2.22. The largest absolute Gasteiger partial charge is 0.480 e. The van der Waals surface area contributed by atoms with Gasteiger partial charge in [-0.15, -0.1) is 11.8 Å². The van der Waals surface area contributed by atoms with Crippen LogP contribution in [0.15, 0.2) is 0 Å². The van der Waals surface area contributed by atoms with Gasteiger partial charge in [-0.25, -0.2) is 4.79 Å². The van der Waals surface area contributed by atoms with Crippen LogP contribution in [0.3, 0.4) is 0 Å². The normalized spacial score (nSPS) is 12.9. The first kappa shape index (κ1) is 15.8. The molecule has 0 radical (unpaired) electrons. The Morgan fingerprint density at radius 2 is 1.88 bits per heavy atom. The Labute approximate surface area is 104 Å². The van der Waals surface area contributed by atoms with Crippen LogP contribution in [0.4, 0.5) is 0 Å². The smallest absolute Gasteiger partial charge is 0.326 e. The van der Waals surface area contributed by atoms with Gasteiger partial charge in [0.1, 0.15) is 6.04 Å². The van der Waals surface area contributed by atoms with Crippen molar-refractivity contribution in [3.63, 3.8) is 0 Å². The quantitative estimate of drug-likeness (QED) is 0.622. The Hall–Kier alpha value is -1.24. The SMILES string of the molecule is CC(C)(C)SCC(=O)NC(CC(N)=O)C(=O)O. The van der Waals surface area contributed by atoms with E-state index in [-0.39, 0.29) is 10.5 Å². The monoisotopic (exact) mass is 262 g/mol. The van der Waals surface area contributed by atoms with Crippen LogP contribution in [-0.4, -0.2) is 39.4 Å². The molecule has 0 aromatic carbocycles. The topological polar surface area (TPSA) is 109 Å². The second kappa shape index (κ2) is 6.48. The molecule has 0 aromatic heterocycles. The van der Waals surface area contributed by atoms with Crippen molar-refractivity contribution in [1.82, 2.24) is 5.32 Å². The molecule has 0 saturated heterocycles. The number of carbonyl (C=O) groups is 3. The first-order valence-electron chi connectivity index (χ1n) is 5.06. The second-order valence-corrected chi connectivity index (χ2v) is 6.33. The van der Waals surface area contributed by atoms with Gasteiger partial charge in [0.05, 0.1) is 12.2 Å². The molecular formula is C10H18N2O4S. The highest BCUT2D eigenvalue weighted by atomic mass is 32.2. The summed E-state index contributed by atoms with van der Waals surface area (Å²) < 4.78 is -0.0836. The summed E-state index contributed by atoms with van der Waals surface area (Å²) in [6, 6.07) is -1.25. The Balaban J connectivity index is 4.22. The van der Waals surface area contributed by atoms with E-state index in [0.29, 0.717) is 0 Å². The van der Waals surface area contributed by atoms with Crippen LogP contribution >= 0.6 is 11.8 Å². The van der Waals surface area contributed by atoms with Crippen LogP contribution in [0.5, 0.6) is 0 Å². The van der Waals surface area contributed by atoms with Gasteiger partial charge in [-0.05, 0) is 0 Å². The highest BCUT2D eigenvalue weighted by Gasteiger charge is 2.22. The summed E-state index contributed by atoms with van der Waals surface area (Å²) in [5.74, 6) is -2.30. The number of carboxylic acids is 1. The van der Waals surface area contributed by atoms with Gasteiger partial charge in [0.25, 0.3) is 0 Å². The fourth-order valence-electron chi connectivity index (χ4n) is 0.919. The maximum Gasteiger partial charge on any atom is 0.326 e. The van der Waals surface area contributed by atoms with Gasteiger partial charge in [-0.1, -0.05) is 20.8 Å². The Bertz CT molecular complexity index is 312. The van der Waals surface area contributed by atoms with Crippen molar-refractivity contribution in [2.75, 3.05) is 5.75 Å². The van der Waals surface area contributed by atoms with Crippen LogP contribution in [-0.2, 0) is 14.4 Å². The van der Waals surface area contributed by atoms with Crippen molar-refractivity contribution in [2.45, 2.75) is 38.0 Å². The van der Waals surface area contributed by atoms with E-state index in [0.717, 1.165) is 0 Å². The number of nitrogens with one attached hydrogen (secondary N) is 1. The third kappa shape index (κ3) is 8.56. The first-order chi connectivity index (χ1) is 7.61. The molecule has 17 heavy (non-hydrogen) atoms. The molecule has 0 bridgehead atoms. The zero-order valence-corrected chi connectivity index (χ0v) is 11.0. The number of primary amides is 1. The highest BCUT2D eigenvalue weighted by molar-refractivity contribution is 8.01. The summed E-state index contributed by atoms with van der Waals surface area (Å²) in [6.45, 7) is 5.84. The zero-order chi connectivity index (χ0) is 13.6. The zero-order valence-electron chi connectivity index (χ0n) is 10.1. The van der Waals surface area contributed by atoms with Gasteiger partial charge in [0, 0.05) is 4.75 Å². The van der Waals surface area contributed by atoms with Crippen LogP contribution in [0.25, 0.3) is 0 Å². The van der Waals surface area contributed by atoms with Crippen molar-refractivity contribution >= 4 is 29.5 Å². The molecular weight excluding hydrogens is 244 g/mol. The third-order valence-electron chi connectivity index (χ3n) is 1.67. The van der Waals surface area contributed by atoms with Crippen LogP contribution in [0.2, 0.25) is 0 Å². The number of carboxylic acid groups (broad SMARTS) is 1. The molecule has 0 aliphatic heterocycles. The van der Waals surface area contributed by atoms with E-state index in [1.165, 1.54) is 11.8 Å². The lowest BCUT2D eigenvalue weighted by Gasteiger charge is -2.18. The van der Waals surface area contributed by atoms with E-state index in [1.54, 1.807) is 0 Å². The lowest BCUT2D eigenvalue weighted by molar-refractivity contribution is -0.143. The van der Waals surface area contributed by atoms with E-state index < -0.39 is 30.2 Å². The molecule has 0 spiro atoms.